The topological polar surface area (TPSA) is 28.3 Å². The Bertz CT molecular complexity index is 3390. The molecule has 0 saturated carbocycles. The highest BCUT2D eigenvalue weighted by atomic mass is 16.7. The number of nitrogens with zero attached hydrogens (tertiary/aromatic N) is 2. The lowest BCUT2D eigenvalue weighted by molar-refractivity contribution is 0.00578. The summed E-state index contributed by atoms with van der Waals surface area (Å²) in [5, 5.41) is 4.95. The van der Waals surface area contributed by atoms with Gasteiger partial charge in [0.15, 0.2) is 0 Å². The Morgan fingerprint density at radius 2 is 0.662 bits per heavy atom. The smallest absolute Gasteiger partial charge is 0.399 e. The van der Waals surface area contributed by atoms with Gasteiger partial charge >= 0.3 is 7.12 Å². The van der Waals surface area contributed by atoms with E-state index in [0.29, 0.717) is 0 Å². The Morgan fingerprint density at radius 3 is 1.11 bits per heavy atom. The normalized spacial score (nSPS) is 14.6. The summed E-state index contributed by atoms with van der Waals surface area (Å²) in [5.41, 5.74) is 16.3. The van der Waals surface area contributed by atoms with E-state index < -0.39 is 18.3 Å². The Morgan fingerprint density at radius 1 is 0.308 bits per heavy atom. The highest BCUT2D eigenvalue weighted by Crippen LogP contribution is 2.40. The molecule has 4 nitrogen and oxygen atoms in total. The number of para-hydroxylation sites is 4. The summed E-state index contributed by atoms with van der Waals surface area (Å²) < 4.78 is 18.2. The van der Waals surface area contributed by atoms with Crippen LogP contribution < -0.4 is 5.46 Å². The van der Waals surface area contributed by atoms with E-state index in [1.807, 2.05) is 0 Å². The lowest BCUT2D eigenvalue weighted by Gasteiger charge is -2.32. The Kier molecular flexibility index (Phi) is 9.10. The van der Waals surface area contributed by atoms with Gasteiger partial charge in [-0.2, -0.15) is 0 Å². The summed E-state index contributed by atoms with van der Waals surface area (Å²) in [7, 11) is -0.515. The van der Waals surface area contributed by atoms with Gasteiger partial charge < -0.3 is 18.4 Å². The van der Waals surface area contributed by atoms with Crippen LogP contribution in [0.3, 0.4) is 0 Å². The fraction of sp³-hybridized carbons (Fsp3) is 0.100. The number of aromatic nitrogens is 2. The molecule has 0 unspecified atom stereocenters. The molecule has 0 aliphatic carbocycles. The largest absolute Gasteiger partial charge is 0.494 e. The summed E-state index contributed by atoms with van der Waals surface area (Å²) >= 11 is 0. The highest BCUT2D eigenvalue weighted by Gasteiger charge is 2.51. The van der Waals surface area contributed by atoms with E-state index in [4.69, 9.17) is 9.31 Å². The minimum absolute atomic E-state index is 0.474. The monoisotopic (exact) mass is 838 g/mol. The lowest BCUT2D eigenvalue weighted by atomic mass is 9.76. The second kappa shape index (κ2) is 15.1. The highest BCUT2D eigenvalue weighted by molar-refractivity contribution is 6.62. The zero-order chi connectivity index (χ0) is 43.9. The predicted molar refractivity (Wildman–Crippen MR) is 273 cm³/mol. The molecule has 0 atom stereocenters. The first-order valence-electron chi connectivity index (χ1n) is 22.6. The van der Waals surface area contributed by atoms with Crippen molar-refractivity contribution in [3.05, 3.63) is 212 Å². The van der Waals surface area contributed by atoms with Crippen LogP contribution in [0, 0.1) is 0 Å². The third kappa shape index (κ3) is 6.61. The second-order valence-corrected chi connectivity index (χ2v) is 18.4. The van der Waals surface area contributed by atoms with Gasteiger partial charge in [-0.3, -0.25) is 0 Å². The first-order chi connectivity index (χ1) is 31.7. The third-order valence-electron chi connectivity index (χ3n) is 13.9. The van der Waals surface area contributed by atoms with Gasteiger partial charge in [0.2, 0.25) is 0 Å². The molecule has 0 radical (unpaired) electrons. The zero-order valence-corrected chi connectivity index (χ0v) is 37.0. The predicted octanol–water partition coefficient (Wildman–Crippen LogP) is 14.8. The maximum atomic E-state index is 6.71. The van der Waals surface area contributed by atoms with Gasteiger partial charge in [0.1, 0.15) is 0 Å². The molecule has 1 fully saturated rings. The van der Waals surface area contributed by atoms with Crippen LogP contribution >= 0.6 is 0 Å². The molecule has 2 aromatic heterocycles. The lowest BCUT2D eigenvalue weighted by Crippen LogP contribution is -2.41. The van der Waals surface area contributed by atoms with Crippen LogP contribution in [0.1, 0.15) is 27.7 Å². The first-order valence-corrected chi connectivity index (χ1v) is 22.6. The maximum Gasteiger partial charge on any atom is 0.494 e. The van der Waals surface area contributed by atoms with E-state index in [2.05, 4.69) is 249 Å². The second-order valence-electron chi connectivity index (χ2n) is 18.4. The Hall–Kier alpha value is -7.44. The van der Waals surface area contributed by atoms with E-state index >= 15 is 0 Å². The first kappa shape index (κ1) is 39.2. The summed E-state index contributed by atoms with van der Waals surface area (Å²) in [4.78, 5) is 0. The molecular formula is C60H47BN2O2. The van der Waals surface area contributed by atoms with Crippen LogP contribution in [0.25, 0.3) is 99.5 Å². The average Bonchev–Trinajstić information content (AvgIpc) is 3.94. The van der Waals surface area contributed by atoms with Crippen molar-refractivity contribution in [2.24, 2.45) is 0 Å². The molecule has 0 bridgehead atoms. The molecule has 12 rings (SSSR count). The van der Waals surface area contributed by atoms with Gasteiger partial charge in [0, 0.05) is 32.9 Å². The fourth-order valence-corrected chi connectivity index (χ4v) is 9.87. The van der Waals surface area contributed by atoms with Crippen molar-refractivity contribution in [1.29, 1.82) is 0 Å². The molecule has 1 aliphatic rings. The van der Waals surface area contributed by atoms with Crippen molar-refractivity contribution < 1.29 is 9.31 Å². The molecule has 1 aliphatic heterocycles. The average molecular weight is 839 g/mol. The van der Waals surface area contributed by atoms with E-state index in [-0.39, 0.29) is 0 Å². The van der Waals surface area contributed by atoms with E-state index in [1.165, 1.54) is 54.7 Å². The third-order valence-corrected chi connectivity index (χ3v) is 13.9. The van der Waals surface area contributed by atoms with Gasteiger partial charge in [-0.1, -0.05) is 133 Å². The number of hydrogen-bond acceptors (Lipinski definition) is 2. The van der Waals surface area contributed by atoms with Crippen molar-refractivity contribution in [3.63, 3.8) is 0 Å². The Labute approximate surface area is 380 Å². The fourth-order valence-electron chi connectivity index (χ4n) is 9.87. The minimum Gasteiger partial charge on any atom is -0.399 e. The SMILES string of the molecule is CC1(C)OB(c2cc(-c3cccc(-c4ccc5c(c4)c4ccccc4n5-c4ccccc4)c3)cc(-c3cccc(-c4ccc5c(c4)c4ccccc4n5-c4ccccc4)c3)c2)OC1(C)C. The molecule has 65 heavy (non-hydrogen) atoms. The summed E-state index contributed by atoms with van der Waals surface area (Å²) in [5.74, 6) is 0. The maximum absolute atomic E-state index is 6.71. The Balaban J connectivity index is 0.962. The van der Waals surface area contributed by atoms with Crippen LogP contribution in [0.2, 0.25) is 0 Å². The zero-order valence-electron chi connectivity index (χ0n) is 37.0. The van der Waals surface area contributed by atoms with Crippen LogP contribution in [0.5, 0.6) is 0 Å². The molecule has 0 spiro atoms. The van der Waals surface area contributed by atoms with E-state index in [0.717, 1.165) is 50.2 Å². The van der Waals surface area contributed by atoms with Crippen LogP contribution in [-0.4, -0.2) is 27.5 Å². The van der Waals surface area contributed by atoms with Gasteiger partial charge in [0.05, 0.1) is 33.3 Å². The van der Waals surface area contributed by atoms with Crippen molar-refractivity contribution in [3.8, 4) is 55.9 Å². The van der Waals surface area contributed by atoms with Crippen LogP contribution in [-0.2, 0) is 9.31 Å². The van der Waals surface area contributed by atoms with Crippen LogP contribution in [0.15, 0.2) is 212 Å². The van der Waals surface area contributed by atoms with E-state index in [9.17, 15) is 0 Å². The summed E-state index contributed by atoms with van der Waals surface area (Å²) in [6.07, 6.45) is 0. The molecule has 9 aromatic carbocycles. The van der Waals surface area contributed by atoms with E-state index in [1.54, 1.807) is 0 Å². The molecule has 1 saturated heterocycles. The molecular weight excluding hydrogens is 791 g/mol. The number of hydrogen-bond donors (Lipinski definition) is 0. The quantitative estimate of drug-likeness (QED) is 0.150. The molecule has 11 aromatic rings. The van der Waals surface area contributed by atoms with Crippen molar-refractivity contribution in [1.82, 2.24) is 9.13 Å². The summed E-state index contributed by atoms with van der Waals surface area (Å²) in [6.45, 7) is 8.47. The molecule has 0 N–H and O–H groups in total. The van der Waals surface area contributed by atoms with Gasteiger partial charge in [0.25, 0.3) is 0 Å². The van der Waals surface area contributed by atoms with Crippen molar-refractivity contribution in [2.75, 3.05) is 0 Å². The van der Waals surface area contributed by atoms with Gasteiger partial charge in [-0.15, -0.1) is 0 Å². The van der Waals surface area contributed by atoms with Gasteiger partial charge in [-0.25, -0.2) is 0 Å². The number of benzene rings is 9. The molecule has 0 amide bonds. The van der Waals surface area contributed by atoms with Crippen molar-refractivity contribution >= 4 is 56.2 Å². The minimum atomic E-state index is -0.515. The molecule has 312 valence electrons. The standard InChI is InChI=1S/C60H47BN2O2/c1-59(2)60(3,4)65-61(64-59)48-36-46(42-19-15-17-40(33-42)44-29-31-57-53(38-44)51-25-11-13-27-55(51)62(57)49-21-7-5-8-22-49)35-47(37-48)43-20-16-18-41(34-43)45-30-32-58-54(39-45)52-26-12-14-28-56(52)63(58)50-23-9-6-10-24-50/h5-39H,1-4H3. The van der Waals surface area contributed by atoms with Gasteiger partial charge in [-0.05, 0) is 157 Å². The number of fused-ring (bicyclic) bond motifs is 6. The molecule has 3 heterocycles. The summed E-state index contributed by atoms with van der Waals surface area (Å²) in [6, 6.07) is 77.1. The molecule has 5 heteroatoms. The van der Waals surface area contributed by atoms with Crippen molar-refractivity contribution in [2.45, 2.75) is 38.9 Å². The number of rotatable bonds is 7. The van der Waals surface area contributed by atoms with Crippen LogP contribution in [0.4, 0.5) is 0 Å².